The van der Waals surface area contributed by atoms with Crippen LogP contribution in [-0.2, 0) is 4.79 Å². The Kier molecular flexibility index (Phi) is 7.85. The van der Waals surface area contributed by atoms with Crippen molar-refractivity contribution in [3.8, 4) is 17.5 Å². The van der Waals surface area contributed by atoms with Crippen molar-refractivity contribution < 1.29 is 27.9 Å². The van der Waals surface area contributed by atoms with Crippen LogP contribution in [0.2, 0.25) is 0 Å². The molecule has 13 heteroatoms. The number of pyridine rings is 1. The van der Waals surface area contributed by atoms with Crippen LogP contribution in [0.25, 0.3) is 16.9 Å². The van der Waals surface area contributed by atoms with Crippen LogP contribution < -0.4 is 16.0 Å². The molecule has 2 aliphatic carbocycles. The van der Waals surface area contributed by atoms with Gasteiger partial charge in [-0.1, -0.05) is 0 Å². The number of fused-ring (bicyclic) bond motifs is 1. The van der Waals surface area contributed by atoms with E-state index in [1.54, 1.807) is 28.8 Å². The minimum atomic E-state index is -2.75. The van der Waals surface area contributed by atoms with E-state index in [9.17, 15) is 27.9 Å². The summed E-state index contributed by atoms with van der Waals surface area (Å²) in [6, 6.07) is 9.00. The average Bonchev–Trinajstić information content (AvgIpc) is 3.33. The monoisotopic (exact) mass is 583 g/mol. The summed E-state index contributed by atoms with van der Waals surface area (Å²) in [6.07, 6.45) is 1.68. The summed E-state index contributed by atoms with van der Waals surface area (Å²) in [4.78, 5) is 29.6. The molecule has 0 bridgehead atoms. The molecule has 0 spiro atoms. The number of hydrogen-bond donors (Lipinski definition) is 4. The van der Waals surface area contributed by atoms with Gasteiger partial charge in [-0.2, -0.15) is 10.4 Å². The van der Waals surface area contributed by atoms with Gasteiger partial charge in [-0.25, -0.2) is 17.7 Å². The Labute approximate surface area is 240 Å². The second-order valence-corrected chi connectivity index (χ2v) is 11.7. The van der Waals surface area contributed by atoms with E-state index in [2.05, 4.69) is 32.1 Å². The number of aliphatic hydroxyl groups is 1. The van der Waals surface area contributed by atoms with Gasteiger partial charge >= 0.3 is 0 Å². The molecule has 4 N–H and O–H groups in total. The highest BCUT2D eigenvalue weighted by Crippen LogP contribution is 2.42. The molecule has 2 aliphatic rings. The first-order valence-electron chi connectivity index (χ1n) is 13.8. The van der Waals surface area contributed by atoms with E-state index in [0.29, 0.717) is 47.5 Å². The van der Waals surface area contributed by atoms with Gasteiger partial charge < -0.3 is 21.1 Å². The molecule has 42 heavy (non-hydrogen) atoms. The lowest BCUT2D eigenvalue weighted by Crippen LogP contribution is -2.48. The van der Waals surface area contributed by atoms with Crippen LogP contribution >= 0.6 is 0 Å². The lowest BCUT2D eigenvalue weighted by atomic mass is 9.78. The third kappa shape index (κ3) is 6.33. The van der Waals surface area contributed by atoms with Crippen molar-refractivity contribution in [2.75, 3.05) is 18.4 Å². The second kappa shape index (κ2) is 11.2. The number of nitrogens with zero attached hydrogens (tertiary/aromatic N) is 4. The number of alkyl halides is 3. The first kappa shape index (κ1) is 29.3. The van der Waals surface area contributed by atoms with Crippen LogP contribution in [0.1, 0.15) is 55.5 Å². The van der Waals surface area contributed by atoms with E-state index in [-0.39, 0.29) is 23.4 Å². The molecule has 2 amide bonds. The van der Waals surface area contributed by atoms with Crippen molar-refractivity contribution in [2.45, 2.75) is 63.3 Å². The quantitative estimate of drug-likeness (QED) is 0.286. The molecule has 222 valence electrons. The van der Waals surface area contributed by atoms with Gasteiger partial charge in [0.1, 0.15) is 12.2 Å². The van der Waals surface area contributed by atoms with Crippen LogP contribution in [0.5, 0.6) is 0 Å². The molecule has 2 fully saturated rings. The van der Waals surface area contributed by atoms with E-state index in [1.165, 1.54) is 26.2 Å². The Morgan fingerprint density at radius 2 is 1.95 bits per heavy atom. The van der Waals surface area contributed by atoms with Gasteiger partial charge in [0.25, 0.3) is 5.91 Å². The molecule has 3 aromatic rings. The third-order valence-corrected chi connectivity index (χ3v) is 7.87. The first-order chi connectivity index (χ1) is 19.8. The Morgan fingerprint density at radius 3 is 2.62 bits per heavy atom. The number of nitrogens with one attached hydrogen (secondary N) is 3. The smallest absolute Gasteiger partial charge is 0.255 e. The normalized spacial score (nSPS) is 20.6. The summed E-state index contributed by atoms with van der Waals surface area (Å²) < 4.78 is 42.1. The highest BCUT2D eigenvalue weighted by atomic mass is 19.3. The van der Waals surface area contributed by atoms with Gasteiger partial charge in [-0.3, -0.25) is 14.6 Å². The predicted molar refractivity (Wildman–Crippen MR) is 147 cm³/mol. The van der Waals surface area contributed by atoms with E-state index in [4.69, 9.17) is 5.26 Å². The van der Waals surface area contributed by atoms with Crippen molar-refractivity contribution in [3.05, 3.63) is 47.8 Å². The minimum Gasteiger partial charge on any atom is -0.387 e. The standard InChI is InChI=1S/C29H32F3N7O3/c1-28(2,42)25(30)15-36-27(41)21-14-34-23(24-4-3-20-7-17(11-33)13-37-39(20)24)8-22(21)38-19-5-16(6-19)12-35-26(40)18-9-29(31,32)10-18/h3-4,7-8,13-14,16,18-19,25,42H,5-6,9-10,12,15H2,1-2H3,(H,34,38)(H,35,40)(H,36,41)/t16?,19?,25-/m1/s1. The Morgan fingerprint density at radius 1 is 1.21 bits per heavy atom. The van der Waals surface area contributed by atoms with Crippen molar-refractivity contribution in [1.29, 1.82) is 5.26 Å². The minimum absolute atomic E-state index is 0.0348. The number of hydrogen-bond acceptors (Lipinski definition) is 7. The maximum Gasteiger partial charge on any atom is 0.255 e. The summed E-state index contributed by atoms with van der Waals surface area (Å²) >= 11 is 0. The zero-order valence-electron chi connectivity index (χ0n) is 23.2. The first-order valence-corrected chi connectivity index (χ1v) is 13.8. The second-order valence-electron chi connectivity index (χ2n) is 11.7. The topological polar surface area (TPSA) is 144 Å². The van der Waals surface area contributed by atoms with E-state index in [1.807, 2.05) is 0 Å². The molecule has 1 atom stereocenters. The van der Waals surface area contributed by atoms with Crippen LogP contribution in [0.3, 0.4) is 0 Å². The summed E-state index contributed by atoms with van der Waals surface area (Å²) in [7, 11) is 0. The molecular weight excluding hydrogens is 551 g/mol. The average molecular weight is 584 g/mol. The van der Waals surface area contributed by atoms with Crippen molar-refractivity contribution in [1.82, 2.24) is 25.2 Å². The molecular formula is C29H32F3N7O3. The largest absolute Gasteiger partial charge is 0.387 e. The number of rotatable bonds is 10. The number of halogens is 3. The van der Waals surface area contributed by atoms with Crippen molar-refractivity contribution >= 4 is 23.0 Å². The Balaban J connectivity index is 1.29. The van der Waals surface area contributed by atoms with E-state index >= 15 is 0 Å². The number of anilines is 1. The fourth-order valence-corrected chi connectivity index (χ4v) is 5.15. The molecule has 0 aliphatic heterocycles. The van der Waals surface area contributed by atoms with Crippen LogP contribution in [0.15, 0.2) is 36.7 Å². The lowest BCUT2D eigenvalue weighted by molar-refractivity contribution is -0.150. The van der Waals surface area contributed by atoms with Gasteiger partial charge in [0.05, 0.1) is 52.1 Å². The van der Waals surface area contributed by atoms with E-state index in [0.717, 1.165) is 0 Å². The number of amides is 2. The van der Waals surface area contributed by atoms with Crippen LogP contribution in [-0.4, -0.2) is 68.3 Å². The number of carbonyl (C=O) groups is 2. The fourth-order valence-electron chi connectivity index (χ4n) is 5.15. The number of aromatic nitrogens is 3. The zero-order valence-corrected chi connectivity index (χ0v) is 23.2. The molecule has 3 aromatic heterocycles. The summed E-state index contributed by atoms with van der Waals surface area (Å²) in [5.41, 5.74) is 1.26. The molecule has 2 saturated carbocycles. The molecule has 3 heterocycles. The molecule has 0 unspecified atom stereocenters. The summed E-state index contributed by atoms with van der Waals surface area (Å²) in [5, 5.41) is 32.0. The summed E-state index contributed by atoms with van der Waals surface area (Å²) in [6.45, 7) is 2.63. The van der Waals surface area contributed by atoms with Crippen LogP contribution in [0, 0.1) is 23.2 Å². The molecule has 10 nitrogen and oxygen atoms in total. The van der Waals surface area contributed by atoms with Crippen molar-refractivity contribution in [3.63, 3.8) is 0 Å². The highest BCUT2D eigenvalue weighted by Gasteiger charge is 2.48. The molecule has 0 radical (unpaired) electrons. The predicted octanol–water partition coefficient (Wildman–Crippen LogP) is 3.46. The molecule has 0 aromatic carbocycles. The third-order valence-electron chi connectivity index (χ3n) is 7.87. The fraction of sp³-hybridized carbons (Fsp3) is 0.483. The Bertz CT molecular complexity index is 1530. The maximum atomic E-state index is 14.3. The highest BCUT2D eigenvalue weighted by molar-refractivity contribution is 6.00. The van der Waals surface area contributed by atoms with Gasteiger partial charge in [0.15, 0.2) is 0 Å². The zero-order chi connectivity index (χ0) is 30.2. The number of carbonyl (C=O) groups excluding carboxylic acids is 2. The van der Waals surface area contributed by atoms with Crippen LogP contribution in [0.4, 0.5) is 18.9 Å². The lowest BCUT2D eigenvalue weighted by Gasteiger charge is -2.38. The summed E-state index contributed by atoms with van der Waals surface area (Å²) in [5.74, 6) is -4.15. The Hall–Kier alpha value is -4.18. The van der Waals surface area contributed by atoms with Gasteiger partial charge in [0, 0.05) is 37.5 Å². The molecule has 0 saturated heterocycles. The van der Waals surface area contributed by atoms with Gasteiger partial charge in [-0.05, 0) is 56.9 Å². The molecule has 5 rings (SSSR count). The van der Waals surface area contributed by atoms with Gasteiger partial charge in [-0.15, -0.1) is 0 Å². The van der Waals surface area contributed by atoms with Crippen molar-refractivity contribution in [2.24, 2.45) is 11.8 Å². The van der Waals surface area contributed by atoms with Gasteiger partial charge in [0.2, 0.25) is 11.8 Å². The number of nitriles is 1. The maximum absolute atomic E-state index is 14.3. The van der Waals surface area contributed by atoms with E-state index < -0.39 is 48.9 Å². The SMILES string of the molecule is CC(C)(O)[C@H](F)CNC(=O)c1cnc(-c2ccc3cc(C#N)cnn23)cc1NC1CC(CNC(=O)C2CC(F)(F)C2)C1.